The number of ether oxygens (including phenoxy) is 1. The van der Waals surface area contributed by atoms with E-state index < -0.39 is 0 Å². The lowest BCUT2D eigenvalue weighted by atomic mass is 10.1. The van der Waals surface area contributed by atoms with Gasteiger partial charge in [-0.3, -0.25) is 4.99 Å². The number of guanidine groups is 1. The Hall–Kier alpha value is -1.83. The molecular formula is C18H21FIN3O. The summed E-state index contributed by atoms with van der Waals surface area (Å²) in [6.45, 7) is 2.72. The summed E-state index contributed by atoms with van der Waals surface area (Å²) in [4.78, 5) is 4.38. The molecule has 0 bridgehead atoms. The van der Waals surface area contributed by atoms with Crippen molar-refractivity contribution >= 4 is 29.9 Å². The minimum absolute atomic E-state index is 0. The van der Waals surface area contributed by atoms with Gasteiger partial charge in [-0.2, -0.15) is 0 Å². The zero-order chi connectivity index (χ0) is 15.9. The van der Waals surface area contributed by atoms with E-state index in [1.54, 1.807) is 12.1 Å². The molecule has 24 heavy (non-hydrogen) atoms. The molecule has 0 spiro atoms. The fourth-order valence-electron chi connectivity index (χ4n) is 2.34. The van der Waals surface area contributed by atoms with Crippen LogP contribution in [0.15, 0.2) is 53.5 Å². The minimum atomic E-state index is -0.266. The second-order valence-electron chi connectivity index (χ2n) is 5.39. The molecule has 0 fully saturated rings. The third-order valence-electron chi connectivity index (χ3n) is 3.58. The maximum absolute atomic E-state index is 12.9. The molecule has 3 rings (SSSR count). The molecule has 4 nitrogen and oxygen atoms in total. The summed E-state index contributed by atoms with van der Waals surface area (Å²) in [6, 6.07) is 13.9. The average Bonchev–Trinajstić information content (AvgIpc) is 2.59. The number of benzene rings is 2. The number of rotatable bonds is 5. The van der Waals surface area contributed by atoms with Crippen LogP contribution >= 0.6 is 24.0 Å². The summed E-state index contributed by atoms with van der Waals surface area (Å²) in [5.74, 6) is 2.00. The maximum Gasteiger partial charge on any atom is 0.191 e. The predicted octanol–water partition coefficient (Wildman–Crippen LogP) is 3.72. The molecule has 0 amide bonds. The van der Waals surface area contributed by atoms with Gasteiger partial charge in [-0.25, -0.2) is 4.39 Å². The topological polar surface area (TPSA) is 45.6 Å². The van der Waals surface area contributed by atoms with Crippen molar-refractivity contribution in [1.82, 2.24) is 10.6 Å². The first-order valence-corrected chi connectivity index (χ1v) is 7.84. The van der Waals surface area contributed by atoms with Crippen molar-refractivity contribution in [1.29, 1.82) is 0 Å². The Balaban J connectivity index is 0.00000208. The van der Waals surface area contributed by atoms with Crippen molar-refractivity contribution in [3.63, 3.8) is 0 Å². The molecule has 1 aliphatic heterocycles. The zero-order valence-electron chi connectivity index (χ0n) is 13.3. The normalized spacial score (nSPS) is 13.3. The van der Waals surface area contributed by atoms with Gasteiger partial charge in [0.25, 0.3) is 0 Å². The van der Waals surface area contributed by atoms with E-state index in [4.69, 9.17) is 4.74 Å². The van der Waals surface area contributed by atoms with Gasteiger partial charge in [0.05, 0.1) is 0 Å². The second kappa shape index (κ2) is 9.46. The molecule has 0 atom stereocenters. The first kappa shape index (κ1) is 18.5. The number of hydrogen-bond donors (Lipinski definition) is 2. The van der Waals surface area contributed by atoms with Crippen molar-refractivity contribution in [3.8, 4) is 11.5 Å². The van der Waals surface area contributed by atoms with Gasteiger partial charge in [-0.05, 0) is 54.8 Å². The van der Waals surface area contributed by atoms with Crippen LogP contribution in [0.4, 0.5) is 4.39 Å². The SMILES string of the molecule is Fc1ccc(Oc2ccc(CCNC3=NCCCN3)cc2)cc1.I. The highest BCUT2D eigenvalue weighted by Gasteiger charge is 2.03. The van der Waals surface area contributed by atoms with Gasteiger partial charge in [0, 0.05) is 19.6 Å². The largest absolute Gasteiger partial charge is 0.457 e. The quantitative estimate of drug-likeness (QED) is 0.696. The van der Waals surface area contributed by atoms with Crippen molar-refractivity contribution in [2.45, 2.75) is 12.8 Å². The molecule has 2 aromatic carbocycles. The van der Waals surface area contributed by atoms with Crippen LogP contribution in [-0.4, -0.2) is 25.6 Å². The molecule has 6 heteroatoms. The Morgan fingerprint density at radius 2 is 1.71 bits per heavy atom. The Labute approximate surface area is 158 Å². The lowest BCUT2D eigenvalue weighted by Gasteiger charge is -2.15. The predicted molar refractivity (Wildman–Crippen MR) is 105 cm³/mol. The molecule has 0 saturated carbocycles. The van der Waals surface area contributed by atoms with Gasteiger partial charge in [0.1, 0.15) is 17.3 Å². The second-order valence-corrected chi connectivity index (χ2v) is 5.39. The molecular weight excluding hydrogens is 420 g/mol. The van der Waals surface area contributed by atoms with Crippen LogP contribution in [0.3, 0.4) is 0 Å². The van der Waals surface area contributed by atoms with Gasteiger partial charge in [-0.1, -0.05) is 12.1 Å². The zero-order valence-corrected chi connectivity index (χ0v) is 15.6. The van der Waals surface area contributed by atoms with Gasteiger partial charge >= 0.3 is 0 Å². The maximum atomic E-state index is 12.9. The van der Waals surface area contributed by atoms with Crippen LogP contribution in [-0.2, 0) is 6.42 Å². The first-order chi connectivity index (χ1) is 11.3. The molecule has 1 heterocycles. The Bertz CT molecular complexity index is 659. The van der Waals surface area contributed by atoms with E-state index in [2.05, 4.69) is 15.6 Å². The first-order valence-electron chi connectivity index (χ1n) is 7.84. The van der Waals surface area contributed by atoms with Gasteiger partial charge in [0.2, 0.25) is 0 Å². The number of nitrogens with one attached hydrogen (secondary N) is 2. The van der Waals surface area contributed by atoms with Crippen molar-refractivity contribution in [2.75, 3.05) is 19.6 Å². The van der Waals surface area contributed by atoms with Crippen LogP contribution < -0.4 is 15.4 Å². The van der Waals surface area contributed by atoms with Crippen LogP contribution in [0.25, 0.3) is 0 Å². The van der Waals surface area contributed by atoms with E-state index in [0.29, 0.717) is 5.75 Å². The van der Waals surface area contributed by atoms with Gasteiger partial charge in [0.15, 0.2) is 5.96 Å². The molecule has 0 saturated heterocycles. The fourth-order valence-corrected chi connectivity index (χ4v) is 2.34. The highest BCUT2D eigenvalue weighted by atomic mass is 127. The Morgan fingerprint density at radius 1 is 1.04 bits per heavy atom. The van der Waals surface area contributed by atoms with Gasteiger partial charge < -0.3 is 15.4 Å². The van der Waals surface area contributed by atoms with Crippen LogP contribution in [0, 0.1) is 5.82 Å². The smallest absolute Gasteiger partial charge is 0.191 e. The number of aliphatic imine (C=N–C) groups is 1. The van der Waals surface area contributed by atoms with Crippen LogP contribution in [0.2, 0.25) is 0 Å². The Kier molecular flexibility index (Phi) is 7.30. The van der Waals surface area contributed by atoms with Crippen molar-refractivity contribution < 1.29 is 9.13 Å². The summed E-state index contributed by atoms with van der Waals surface area (Å²) >= 11 is 0. The fraction of sp³-hybridized carbons (Fsp3) is 0.278. The van der Waals surface area contributed by atoms with Crippen LogP contribution in [0.1, 0.15) is 12.0 Å². The summed E-state index contributed by atoms with van der Waals surface area (Å²) in [5, 5.41) is 6.54. The molecule has 0 radical (unpaired) electrons. The van der Waals surface area contributed by atoms with E-state index in [-0.39, 0.29) is 29.8 Å². The van der Waals surface area contributed by atoms with E-state index in [1.807, 2.05) is 24.3 Å². The van der Waals surface area contributed by atoms with E-state index in [9.17, 15) is 4.39 Å². The molecule has 0 unspecified atom stereocenters. The number of nitrogens with zero attached hydrogens (tertiary/aromatic N) is 1. The number of hydrogen-bond acceptors (Lipinski definition) is 4. The molecule has 2 N–H and O–H groups in total. The molecule has 1 aliphatic rings. The Morgan fingerprint density at radius 3 is 2.33 bits per heavy atom. The van der Waals surface area contributed by atoms with Crippen molar-refractivity contribution in [3.05, 3.63) is 59.9 Å². The third kappa shape index (κ3) is 5.67. The van der Waals surface area contributed by atoms with E-state index in [0.717, 1.165) is 44.2 Å². The molecule has 128 valence electrons. The standard InChI is InChI=1S/C18H20FN3O.HI/c19-15-4-8-17(9-5-15)23-16-6-2-14(3-7-16)10-13-22-18-20-11-1-12-21-18;/h2-9H,1,10-13H2,(H2,20,21,22);1H. The number of halogens is 2. The van der Waals surface area contributed by atoms with Crippen molar-refractivity contribution in [2.24, 2.45) is 4.99 Å². The van der Waals surface area contributed by atoms with E-state index in [1.165, 1.54) is 17.7 Å². The molecule has 0 aromatic heterocycles. The van der Waals surface area contributed by atoms with Crippen LogP contribution in [0.5, 0.6) is 11.5 Å². The highest BCUT2D eigenvalue weighted by Crippen LogP contribution is 2.21. The third-order valence-corrected chi connectivity index (χ3v) is 3.58. The van der Waals surface area contributed by atoms with Gasteiger partial charge in [-0.15, -0.1) is 24.0 Å². The summed E-state index contributed by atoms with van der Waals surface area (Å²) in [5.41, 5.74) is 1.22. The monoisotopic (exact) mass is 441 g/mol. The minimum Gasteiger partial charge on any atom is -0.457 e. The summed E-state index contributed by atoms with van der Waals surface area (Å²) < 4.78 is 18.5. The highest BCUT2D eigenvalue weighted by molar-refractivity contribution is 14.0. The molecule has 0 aliphatic carbocycles. The molecule has 2 aromatic rings. The van der Waals surface area contributed by atoms with E-state index >= 15 is 0 Å². The summed E-state index contributed by atoms with van der Waals surface area (Å²) in [6.07, 6.45) is 2.01. The average molecular weight is 441 g/mol. The lowest BCUT2D eigenvalue weighted by molar-refractivity contribution is 0.480. The summed E-state index contributed by atoms with van der Waals surface area (Å²) in [7, 11) is 0. The lowest BCUT2D eigenvalue weighted by Crippen LogP contribution is -2.41.